The molecular formula is C13H12N4O3. The molecule has 7 heteroatoms. The van der Waals surface area contributed by atoms with Crippen LogP contribution in [0.5, 0.6) is 0 Å². The Labute approximate surface area is 114 Å². The number of aromatic nitrogens is 3. The molecule has 0 aromatic carbocycles. The molecule has 0 unspecified atom stereocenters. The number of aromatic amines is 1. The minimum atomic E-state index is -1.09. The van der Waals surface area contributed by atoms with Crippen LogP contribution in [-0.2, 0) is 11.3 Å². The van der Waals surface area contributed by atoms with Crippen LogP contribution in [0.1, 0.15) is 21.7 Å². The predicted molar refractivity (Wildman–Crippen MR) is 70.7 cm³/mol. The molecule has 2 rings (SSSR count). The number of nitrogens with one attached hydrogen (secondary N) is 2. The fourth-order valence-corrected chi connectivity index (χ4v) is 1.56. The Morgan fingerprint density at radius 2 is 2.25 bits per heavy atom. The molecule has 0 saturated heterocycles. The van der Waals surface area contributed by atoms with Gasteiger partial charge in [-0.25, -0.2) is 9.78 Å². The van der Waals surface area contributed by atoms with Gasteiger partial charge in [-0.15, -0.1) is 0 Å². The van der Waals surface area contributed by atoms with Crippen molar-refractivity contribution in [2.24, 2.45) is 0 Å². The number of imidazole rings is 1. The second-order valence-electron chi connectivity index (χ2n) is 3.85. The van der Waals surface area contributed by atoms with E-state index in [9.17, 15) is 9.59 Å². The second-order valence-corrected chi connectivity index (χ2v) is 3.85. The summed E-state index contributed by atoms with van der Waals surface area (Å²) in [7, 11) is 0. The summed E-state index contributed by atoms with van der Waals surface area (Å²) in [4.78, 5) is 33.3. The molecule has 0 aliphatic carbocycles. The van der Waals surface area contributed by atoms with Gasteiger partial charge in [-0.05, 0) is 12.1 Å². The first-order chi connectivity index (χ1) is 9.66. The number of aliphatic carboxylic acids is 1. The molecule has 0 fully saturated rings. The third-order valence-corrected chi connectivity index (χ3v) is 2.47. The molecule has 0 spiro atoms. The standard InChI is InChI=1S/C13H12N4O3/c18-12(19)2-1-9-7-14-4-3-10(9)13(20)17-8-11-15-5-6-16-11/h1-7H,8H2,(H,15,16)(H,17,20)(H,18,19). The summed E-state index contributed by atoms with van der Waals surface area (Å²) >= 11 is 0. The number of hydrogen-bond acceptors (Lipinski definition) is 4. The average molecular weight is 272 g/mol. The maximum Gasteiger partial charge on any atom is 0.328 e. The maximum absolute atomic E-state index is 12.0. The molecule has 0 aliphatic rings. The lowest BCUT2D eigenvalue weighted by atomic mass is 10.1. The number of amides is 1. The van der Waals surface area contributed by atoms with E-state index in [2.05, 4.69) is 20.3 Å². The summed E-state index contributed by atoms with van der Waals surface area (Å²) in [6.07, 6.45) is 8.45. The van der Waals surface area contributed by atoms with Gasteiger partial charge >= 0.3 is 5.97 Å². The van der Waals surface area contributed by atoms with Gasteiger partial charge in [0, 0.05) is 42.0 Å². The van der Waals surface area contributed by atoms with Crippen LogP contribution in [0, 0.1) is 0 Å². The molecule has 2 aromatic heterocycles. The molecule has 0 aliphatic heterocycles. The van der Waals surface area contributed by atoms with E-state index >= 15 is 0 Å². The summed E-state index contributed by atoms with van der Waals surface area (Å²) < 4.78 is 0. The van der Waals surface area contributed by atoms with Crippen molar-refractivity contribution in [3.05, 3.63) is 53.9 Å². The lowest BCUT2D eigenvalue weighted by Gasteiger charge is -2.06. The number of carbonyl (C=O) groups is 2. The zero-order chi connectivity index (χ0) is 14.4. The lowest BCUT2D eigenvalue weighted by molar-refractivity contribution is -0.131. The SMILES string of the molecule is O=C(O)C=Cc1cnccc1C(=O)NCc1ncc[nH]1. The highest BCUT2D eigenvalue weighted by Gasteiger charge is 2.10. The molecular weight excluding hydrogens is 260 g/mol. The number of rotatable bonds is 5. The van der Waals surface area contributed by atoms with Crippen LogP contribution in [0.4, 0.5) is 0 Å². The van der Waals surface area contributed by atoms with Gasteiger partial charge in [0.25, 0.3) is 5.91 Å². The number of pyridine rings is 1. The fraction of sp³-hybridized carbons (Fsp3) is 0.0769. The highest BCUT2D eigenvalue weighted by atomic mass is 16.4. The zero-order valence-electron chi connectivity index (χ0n) is 10.4. The van der Waals surface area contributed by atoms with Gasteiger partial charge in [0.15, 0.2) is 0 Å². The number of carboxylic acids is 1. The van der Waals surface area contributed by atoms with Crippen molar-refractivity contribution in [1.82, 2.24) is 20.3 Å². The predicted octanol–water partition coefficient (Wildman–Crippen LogP) is 0.832. The van der Waals surface area contributed by atoms with Gasteiger partial charge < -0.3 is 15.4 Å². The third kappa shape index (κ3) is 3.52. The average Bonchev–Trinajstić information content (AvgIpc) is 2.96. The smallest absolute Gasteiger partial charge is 0.328 e. The van der Waals surface area contributed by atoms with Crippen molar-refractivity contribution in [2.75, 3.05) is 0 Å². The Hall–Kier alpha value is -2.96. The Bertz CT molecular complexity index is 635. The van der Waals surface area contributed by atoms with Gasteiger partial charge in [-0.3, -0.25) is 9.78 Å². The molecule has 102 valence electrons. The number of H-pyrrole nitrogens is 1. The molecule has 7 nitrogen and oxygen atoms in total. The summed E-state index contributed by atoms with van der Waals surface area (Å²) in [6.45, 7) is 0.260. The molecule has 0 bridgehead atoms. The van der Waals surface area contributed by atoms with Crippen molar-refractivity contribution in [1.29, 1.82) is 0 Å². The quantitative estimate of drug-likeness (QED) is 0.699. The van der Waals surface area contributed by atoms with Crippen LogP contribution in [0.15, 0.2) is 36.9 Å². The van der Waals surface area contributed by atoms with E-state index in [0.29, 0.717) is 17.0 Å². The van der Waals surface area contributed by atoms with Crippen molar-refractivity contribution < 1.29 is 14.7 Å². The van der Waals surface area contributed by atoms with Crippen molar-refractivity contribution in [2.45, 2.75) is 6.54 Å². The van der Waals surface area contributed by atoms with E-state index in [0.717, 1.165) is 6.08 Å². The Morgan fingerprint density at radius 1 is 1.40 bits per heavy atom. The Morgan fingerprint density at radius 3 is 2.95 bits per heavy atom. The molecule has 1 amide bonds. The fourth-order valence-electron chi connectivity index (χ4n) is 1.56. The van der Waals surface area contributed by atoms with Crippen LogP contribution in [-0.4, -0.2) is 31.9 Å². The summed E-state index contributed by atoms with van der Waals surface area (Å²) in [5.41, 5.74) is 0.788. The van der Waals surface area contributed by atoms with Gasteiger partial charge in [0.2, 0.25) is 0 Å². The highest BCUT2D eigenvalue weighted by molar-refractivity contribution is 5.98. The largest absolute Gasteiger partial charge is 0.478 e. The van der Waals surface area contributed by atoms with Gasteiger partial charge in [0.1, 0.15) is 5.82 Å². The lowest BCUT2D eigenvalue weighted by Crippen LogP contribution is -2.24. The normalized spacial score (nSPS) is 10.6. The third-order valence-electron chi connectivity index (χ3n) is 2.47. The van der Waals surface area contributed by atoms with E-state index < -0.39 is 5.97 Å². The van der Waals surface area contributed by atoms with Crippen LogP contribution in [0.2, 0.25) is 0 Å². The molecule has 2 heterocycles. The Balaban J connectivity index is 2.11. The van der Waals surface area contributed by atoms with Gasteiger partial charge in [0.05, 0.1) is 6.54 Å². The van der Waals surface area contributed by atoms with E-state index in [1.165, 1.54) is 24.5 Å². The minimum absolute atomic E-state index is 0.260. The highest BCUT2D eigenvalue weighted by Crippen LogP contribution is 2.09. The van der Waals surface area contributed by atoms with E-state index in [-0.39, 0.29) is 12.5 Å². The van der Waals surface area contributed by atoms with Crippen LogP contribution < -0.4 is 5.32 Å². The van der Waals surface area contributed by atoms with E-state index in [1.807, 2.05) is 0 Å². The summed E-state index contributed by atoms with van der Waals surface area (Å²) in [5.74, 6) is -0.778. The molecule has 0 atom stereocenters. The second kappa shape index (κ2) is 6.28. The number of carbonyl (C=O) groups excluding carboxylic acids is 1. The van der Waals surface area contributed by atoms with Crippen LogP contribution >= 0.6 is 0 Å². The first-order valence-corrected chi connectivity index (χ1v) is 5.78. The van der Waals surface area contributed by atoms with E-state index in [1.54, 1.807) is 12.4 Å². The Kier molecular flexibility index (Phi) is 4.23. The zero-order valence-corrected chi connectivity index (χ0v) is 10.4. The van der Waals surface area contributed by atoms with Gasteiger partial charge in [-0.2, -0.15) is 0 Å². The number of carboxylic acid groups (broad SMARTS) is 1. The van der Waals surface area contributed by atoms with Gasteiger partial charge in [-0.1, -0.05) is 0 Å². The molecule has 3 N–H and O–H groups in total. The summed E-state index contributed by atoms with van der Waals surface area (Å²) in [5, 5.41) is 11.3. The van der Waals surface area contributed by atoms with Crippen LogP contribution in [0.3, 0.4) is 0 Å². The summed E-state index contributed by atoms with van der Waals surface area (Å²) in [6, 6.07) is 1.53. The number of nitrogens with zero attached hydrogens (tertiary/aromatic N) is 2. The van der Waals surface area contributed by atoms with E-state index in [4.69, 9.17) is 5.11 Å². The van der Waals surface area contributed by atoms with Crippen molar-refractivity contribution in [3.8, 4) is 0 Å². The molecule has 2 aromatic rings. The first-order valence-electron chi connectivity index (χ1n) is 5.78. The number of hydrogen-bond donors (Lipinski definition) is 3. The molecule has 0 radical (unpaired) electrons. The monoisotopic (exact) mass is 272 g/mol. The topological polar surface area (TPSA) is 108 Å². The minimum Gasteiger partial charge on any atom is -0.478 e. The van der Waals surface area contributed by atoms with Crippen LogP contribution in [0.25, 0.3) is 6.08 Å². The first kappa shape index (κ1) is 13.5. The molecule has 20 heavy (non-hydrogen) atoms. The maximum atomic E-state index is 12.0. The van der Waals surface area contributed by atoms with Crippen molar-refractivity contribution >= 4 is 18.0 Å². The molecule has 0 saturated carbocycles. The van der Waals surface area contributed by atoms with Crippen molar-refractivity contribution in [3.63, 3.8) is 0 Å².